The van der Waals surface area contributed by atoms with Crippen molar-refractivity contribution in [3.8, 4) is 0 Å². The van der Waals surface area contributed by atoms with E-state index in [1.54, 1.807) is 0 Å². The second-order valence-electron chi connectivity index (χ2n) is 5.20. The normalized spacial score (nSPS) is 12.0. The summed E-state index contributed by atoms with van der Waals surface area (Å²) < 4.78 is 0. The van der Waals surface area contributed by atoms with Gasteiger partial charge in [0.1, 0.15) is 0 Å². The first-order valence-corrected chi connectivity index (χ1v) is 8.70. The monoisotopic (exact) mass is 439 g/mol. The van der Waals surface area contributed by atoms with Crippen molar-refractivity contribution < 1.29 is 5.11 Å². The molecule has 0 aliphatic carbocycles. The molecule has 6 heteroatoms. The number of thiophene rings is 1. The minimum absolute atomic E-state index is 0. The predicted octanol–water partition coefficient (Wildman–Crippen LogP) is 3.53. The van der Waals surface area contributed by atoms with Gasteiger partial charge in [0.15, 0.2) is 5.96 Å². The smallest absolute Gasteiger partial charge is 0.191 e. The first-order chi connectivity index (χ1) is 10.1. The molecule has 4 nitrogen and oxygen atoms in total. The average Bonchev–Trinajstić information content (AvgIpc) is 2.97. The van der Waals surface area contributed by atoms with E-state index in [0.29, 0.717) is 13.1 Å². The Hall–Kier alpha value is -0.340. The van der Waals surface area contributed by atoms with Crippen molar-refractivity contribution in [2.45, 2.75) is 59.1 Å². The van der Waals surface area contributed by atoms with Crippen LogP contribution in [0.5, 0.6) is 0 Å². The van der Waals surface area contributed by atoms with Gasteiger partial charge >= 0.3 is 0 Å². The van der Waals surface area contributed by atoms with E-state index in [1.807, 2.05) is 32.1 Å². The van der Waals surface area contributed by atoms with Crippen molar-refractivity contribution in [1.82, 2.24) is 10.6 Å². The van der Waals surface area contributed by atoms with Gasteiger partial charge in [0.2, 0.25) is 0 Å². The highest BCUT2D eigenvalue weighted by molar-refractivity contribution is 14.0. The number of aryl methyl sites for hydroxylation is 1. The summed E-state index contributed by atoms with van der Waals surface area (Å²) in [5.74, 6) is 0.768. The highest BCUT2D eigenvalue weighted by atomic mass is 127. The lowest BCUT2D eigenvalue weighted by atomic mass is 9.98. The lowest BCUT2D eigenvalue weighted by Crippen LogP contribution is -2.46. The first kappa shape index (κ1) is 21.7. The Morgan fingerprint density at radius 2 is 1.77 bits per heavy atom. The minimum Gasteiger partial charge on any atom is -0.388 e. The molecule has 0 radical (unpaired) electrons. The summed E-state index contributed by atoms with van der Waals surface area (Å²) >= 11 is 1.81. The Bertz CT molecular complexity index is 444. The zero-order valence-corrected chi connectivity index (χ0v) is 17.3. The summed E-state index contributed by atoms with van der Waals surface area (Å²) in [4.78, 5) is 7.26. The molecular weight excluding hydrogens is 409 g/mol. The van der Waals surface area contributed by atoms with Gasteiger partial charge in [-0.1, -0.05) is 20.8 Å². The van der Waals surface area contributed by atoms with Crippen molar-refractivity contribution >= 4 is 41.3 Å². The van der Waals surface area contributed by atoms with Crippen LogP contribution in [0.2, 0.25) is 0 Å². The topological polar surface area (TPSA) is 56.7 Å². The van der Waals surface area contributed by atoms with Gasteiger partial charge < -0.3 is 15.7 Å². The molecule has 0 atom stereocenters. The van der Waals surface area contributed by atoms with Crippen LogP contribution in [-0.4, -0.2) is 29.8 Å². The zero-order chi connectivity index (χ0) is 15.7. The average molecular weight is 439 g/mol. The van der Waals surface area contributed by atoms with Gasteiger partial charge in [0.25, 0.3) is 0 Å². The van der Waals surface area contributed by atoms with Crippen LogP contribution in [0, 0.1) is 0 Å². The standard InChI is InChI=1S/C16H29N3OS.HI/c1-5-13-9-10-14(21-13)11-18-15(17-8-4)19-12-16(20,6-2)7-3;/h9-10,20H,5-8,11-12H2,1-4H3,(H2,17,18,19);1H. The maximum Gasteiger partial charge on any atom is 0.191 e. The molecule has 0 fully saturated rings. The van der Waals surface area contributed by atoms with Gasteiger partial charge in [0.05, 0.1) is 12.1 Å². The van der Waals surface area contributed by atoms with Crippen LogP contribution >= 0.6 is 35.3 Å². The summed E-state index contributed by atoms with van der Waals surface area (Å²) in [5.41, 5.74) is -0.658. The van der Waals surface area contributed by atoms with Crippen LogP contribution in [-0.2, 0) is 13.0 Å². The number of hydrogen-bond donors (Lipinski definition) is 3. The van der Waals surface area contributed by atoms with Crippen molar-refractivity contribution in [1.29, 1.82) is 0 Å². The summed E-state index contributed by atoms with van der Waals surface area (Å²) in [6.07, 6.45) is 2.55. The van der Waals surface area contributed by atoms with E-state index in [4.69, 9.17) is 0 Å². The molecule has 1 rings (SSSR count). The molecule has 0 bridgehead atoms. The van der Waals surface area contributed by atoms with Crippen LogP contribution in [0.3, 0.4) is 0 Å². The quantitative estimate of drug-likeness (QED) is 0.330. The molecular formula is C16H30IN3OS. The SMILES string of the molecule is CCNC(=NCc1ccc(CC)s1)NCC(O)(CC)CC.I. The Balaban J connectivity index is 0.00000441. The summed E-state index contributed by atoms with van der Waals surface area (Å²) in [6, 6.07) is 4.31. The molecule has 0 spiro atoms. The van der Waals surface area contributed by atoms with Gasteiger partial charge in [0, 0.05) is 22.8 Å². The van der Waals surface area contributed by atoms with Crippen LogP contribution in [0.25, 0.3) is 0 Å². The third-order valence-electron chi connectivity index (χ3n) is 3.70. The van der Waals surface area contributed by atoms with Crippen molar-refractivity contribution in [3.05, 3.63) is 21.9 Å². The number of hydrogen-bond acceptors (Lipinski definition) is 3. The van der Waals surface area contributed by atoms with E-state index in [0.717, 1.165) is 31.8 Å². The Kier molecular flexibility index (Phi) is 11.1. The maximum absolute atomic E-state index is 10.3. The molecule has 22 heavy (non-hydrogen) atoms. The molecule has 0 amide bonds. The zero-order valence-electron chi connectivity index (χ0n) is 14.1. The molecule has 1 heterocycles. The number of rotatable bonds is 8. The largest absolute Gasteiger partial charge is 0.388 e. The highest BCUT2D eigenvalue weighted by Gasteiger charge is 2.22. The summed E-state index contributed by atoms with van der Waals surface area (Å²) in [6.45, 7) is 10.2. The van der Waals surface area contributed by atoms with Crippen LogP contribution in [0.1, 0.15) is 50.3 Å². The Morgan fingerprint density at radius 1 is 1.14 bits per heavy atom. The molecule has 128 valence electrons. The van der Waals surface area contributed by atoms with Crippen molar-refractivity contribution in [3.63, 3.8) is 0 Å². The molecule has 0 aromatic carbocycles. The fourth-order valence-electron chi connectivity index (χ4n) is 1.94. The third-order valence-corrected chi connectivity index (χ3v) is 4.92. The van der Waals surface area contributed by atoms with E-state index < -0.39 is 5.60 Å². The van der Waals surface area contributed by atoms with Gasteiger partial charge in [-0.3, -0.25) is 0 Å². The fraction of sp³-hybridized carbons (Fsp3) is 0.688. The highest BCUT2D eigenvalue weighted by Crippen LogP contribution is 2.17. The third kappa shape index (κ3) is 7.28. The molecule has 0 saturated carbocycles. The first-order valence-electron chi connectivity index (χ1n) is 7.89. The van der Waals surface area contributed by atoms with Crippen LogP contribution in [0.4, 0.5) is 0 Å². The van der Waals surface area contributed by atoms with Gasteiger partial charge in [-0.25, -0.2) is 4.99 Å². The Morgan fingerprint density at radius 3 is 2.27 bits per heavy atom. The fourth-order valence-corrected chi connectivity index (χ4v) is 2.83. The van der Waals surface area contributed by atoms with E-state index in [1.165, 1.54) is 9.75 Å². The van der Waals surface area contributed by atoms with E-state index in [2.05, 4.69) is 34.7 Å². The lowest BCUT2D eigenvalue weighted by Gasteiger charge is -2.26. The van der Waals surface area contributed by atoms with E-state index in [-0.39, 0.29) is 24.0 Å². The second kappa shape index (κ2) is 11.2. The summed E-state index contributed by atoms with van der Waals surface area (Å²) in [7, 11) is 0. The molecule has 0 saturated heterocycles. The van der Waals surface area contributed by atoms with Crippen LogP contribution in [0.15, 0.2) is 17.1 Å². The number of nitrogens with one attached hydrogen (secondary N) is 2. The van der Waals surface area contributed by atoms with Gasteiger partial charge in [-0.15, -0.1) is 35.3 Å². The predicted molar refractivity (Wildman–Crippen MR) is 107 cm³/mol. The van der Waals surface area contributed by atoms with E-state index in [9.17, 15) is 5.11 Å². The van der Waals surface area contributed by atoms with E-state index >= 15 is 0 Å². The molecule has 3 N–H and O–H groups in total. The second-order valence-corrected chi connectivity index (χ2v) is 6.45. The lowest BCUT2D eigenvalue weighted by molar-refractivity contribution is 0.0367. The molecule has 0 aliphatic rings. The maximum atomic E-state index is 10.3. The molecule has 0 aliphatic heterocycles. The number of aliphatic imine (C=N–C) groups is 1. The molecule has 1 aromatic rings. The van der Waals surface area contributed by atoms with Gasteiger partial charge in [-0.05, 0) is 38.3 Å². The number of nitrogens with zero attached hydrogens (tertiary/aromatic N) is 1. The minimum atomic E-state index is -0.658. The molecule has 0 unspecified atom stereocenters. The van der Waals surface area contributed by atoms with Crippen molar-refractivity contribution in [2.24, 2.45) is 4.99 Å². The number of halogens is 1. The summed E-state index contributed by atoms with van der Waals surface area (Å²) in [5, 5.41) is 16.8. The number of aliphatic hydroxyl groups is 1. The van der Waals surface area contributed by atoms with Gasteiger partial charge in [-0.2, -0.15) is 0 Å². The van der Waals surface area contributed by atoms with Crippen LogP contribution < -0.4 is 10.6 Å². The molecule has 1 aromatic heterocycles. The Labute approximate surface area is 155 Å². The number of guanidine groups is 1. The van der Waals surface area contributed by atoms with Crippen molar-refractivity contribution in [2.75, 3.05) is 13.1 Å².